The Bertz CT molecular complexity index is 2030. The molecule has 194 valence electrons. The fourth-order valence-electron chi connectivity index (χ4n) is 6.77. The van der Waals surface area contributed by atoms with Crippen LogP contribution in [0.4, 0.5) is 22.7 Å². The molecule has 0 unspecified atom stereocenters. The number of hydrogen-bond acceptors (Lipinski definition) is 1. The average Bonchev–Trinajstić information content (AvgIpc) is 3.10. The quantitative estimate of drug-likeness (QED) is 0.193. The Morgan fingerprint density at radius 3 is 1.49 bits per heavy atom. The highest BCUT2D eigenvalue weighted by Gasteiger charge is 2.37. The van der Waals surface area contributed by atoms with E-state index in [1.165, 1.54) is 72.8 Å². The van der Waals surface area contributed by atoms with Gasteiger partial charge in [0.15, 0.2) is 0 Å². The predicted molar refractivity (Wildman–Crippen MR) is 174 cm³/mol. The summed E-state index contributed by atoms with van der Waals surface area (Å²) in [5, 5.41) is 0. The second-order valence-electron chi connectivity index (χ2n) is 10.8. The maximum Gasteiger partial charge on any atom is 0.264 e. The van der Waals surface area contributed by atoms with Gasteiger partial charge in [-0.25, -0.2) is 0 Å². The number of amidine groups is 1. The van der Waals surface area contributed by atoms with Crippen molar-refractivity contribution in [2.45, 2.75) is 13.8 Å². The van der Waals surface area contributed by atoms with Crippen LogP contribution in [0.5, 0.6) is 0 Å². The molecule has 0 aliphatic carbocycles. The van der Waals surface area contributed by atoms with Gasteiger partial charge in [-0.3, -0.25) is 0 Å². The second-order valence-corrected chi connectivity index (χ2v) is 10.8. The van der Waals surface area contributed by atoms with Gasteiger partial charge in [0.25, 0.3) is 5.84 Å². The molecule has 2 nitrogen and oxygen atoms in total. The van der Waals surface area contributed by atoms with E-state index >= 15 is 0 Å². The summed E-state index contributed by atoms with van der Waals surface area (Å²) >= 11 is 0. The van der Waals surface area contributed by atoms with E-state index in [0.29, 0.717) is 0 Å². The minimum absolute atomic E-state index is 1.14. The van der Waals surface area contributed by atoms with Crippen LogP contribution in [0.3, 0.4) is 0 Å². The highest BCUT2D eigenvalue weighted by atomic mass is 15.3. The Morgan fingerprint density at radius 1 is 0.390 bits per heavy atom. The maximum absolute atomic E-state index is 2.51. The molecular formula is C39H29N2+. The molecule has 0 amide bonds. The topological polar surface area (TPSA) is 6.25 Å². The molecular weight excluding hydrogens is 496 g/mol. The van der Waals surface area contributed by atoms with E-state index in [4.69, 9.17) is 0 Å². The fraction of sp³-hybridized carbons (Fsp3) is 0.0513. The monoisotopic (exact) mass is 525 g/mol. The number of fused-ring (bicyclic) bond motifs is 9. The van der Waals surface area contributed by atoms with Crippen molar-refractivity contribution < 1.29 is 0 Å². The van der Waals surface area contributed by atoms with Crippen molar-refractivity contribution in [3.8, 4) is 44.5 Å². The maximum atomic E-state index is 2.51. The van der Waals surface area contributed by atoms with E-state index < -0.39 is 0 Å². The van der Waals surface area contributed by atoms with Gasteiger partial charge in [-0.1, -0.05) is 109 Å². The Balaban J connectivity index is 1.63. The average molecular weight is 526 g/mol. The van der Waals surface area contributed by atoms with Crippen LogP contribution in [0.15, 0.2) is 140 Å². The highest BCUT2D eigenvalue weighted by molar-refractivity contribution is 6.15. The minimum atomic E-state index is 1.14. The van der Waals surface area contributed by atoms with E-state index in [9.17, 15) is 0 Å². The Labute approximate surface area is 241 Å². The molecule has 6 aromatic carbocycles. The van der Waals surface area contributed by atoms with Crippen LogP contribution in [0.2, 0.25) is 0 Å². The number of para-hydroxylation sites is 4. The Morgan fingerprint density at radius 2 is 0.829 bits per heavy atom. The summed E-state index contributed by atoms with van der Waals surface area (Å²) in [6, 6.07) is 50.9. The zero-order chi connectivity index (χ0) is 27.5. The molecule has 0 aromatic heterocycles. The standard InChI is InChI=1S/C39H29N2/c1-26-14-3-10-23-36(26)40-27(2)41-38-25-12-8-19-32(38)30-17-6-4-15-28(30)29-16-5-7-18-31(29)34-21-13-22-35(39(34)41)33-20-9-11-24-37(33)40/h3-25H,1-2H3/q+1. The third-order valence-corrected chi connectivity index (χ3v) is 8.57. The van der Waals surface area contributed by atoms with Crippen LogP contribution >= 0.6 is 0 Å². The van der Waals surface area contributed by atoms with E-state index in [1.54, 1.807) is 0 Å². The summed E-state index contributed by atoms with van der Waals surface area (Å²) in [5.74, 6) is 1.14. The molecule has 0 spiro atoms. The van der Waals surface area contributed by atoms with Gasteiger partial charge >= 0.3 is 0 Å². The molecule has 0 atom stereocenters. The molecule has 2 heteroatoms. The second kappa shape index (κ2) is 9.18. The van der Waals surface area contributed by atoms with Crippen molar-refractivity contribution in [3.05, 3.63) is 145 Å². The molecule has 0 N–H and O–H groups in total. The lowest BCUT2D eigenvalue weighted by Gasteiger charge is -2.22. The van der Waals surface area contributed by atoms with Gasteiger partial charge in [-0.15, -0.1) is 0 Å². The predicted octanol–water partition coefficient (Wildman–Crippen LogP) is 10.4. The first-order chi connectivity index (χ1) is 20.2. The molecule has 41 heavy (non-hydrogen) atoms. The van der Waals surface area contributed by atoms with Crippen molar-refractivity contribution in [3.63, 3.8) is 0 Å². The number of hydrogen-bond donors (Lipinski definition) is 0. The van der Waals surface area contributed by atoms with Gasteiger partial charge in [-0.2, -0.15) is 9.48 Å². The summed E-state index contributed by atoms with van der Waals surface area (Å²) in [5.41, 5.74) is 15.9. The van der Waals surface area contributed by atoms with Crippen LogP contribution in [-0.4, -0.2) is 5.84 Å². The molecule has 0 fully saturated rings. The van der Waals surface area contributed by atoms with Crippen LogP contribution in [0.1, 0.15) is 12.5 Å². The molecule has 2 aliphatic heterocycles. The lowest BCUT2D eigenvalue weighted by Crippen LogP contribution is -2.31. The summed E-state index contributed by atoms with van der Waals surface area (Å²) in [6.45, 7) is 4.47. The van der Waals surface area contributed by atoms with Crippen LogP contribution in [-0.2, 0) is 0 Å². The van der Waals surface area contributed by atoms with E-state index in [0.717, 1.165) is 5.84 Å². The third-order valence-electron chi connectivity index (χ3n) is 8.57. The summed E-state index contributed by atoms with van der Waals surface area (Å²) in [7, 11) is 0. The van der Waals surface area contributed by atoms with Crippen LogP contribution in [0.25, 0.3) is 44.5 Å². The van der Waals surface area contributed by atoms with Crippen molar-refractivity contribution in [2.75, 3.05) is 4.90 Å². The molecule has 8 rings (SSSR count). The van der Waals surface area contributed by atoms with Gasteiger partial charge in [0, 0.05) is 29.2 Å². The lowest BCUT2D eigenvalue weighted by molar-refractivity contribution is 1.06. The fourth-order valence-corrected chi connectivity index (χ4v) is 6.77. The van der Waals surface area contributed by atoms with Crippen LogP contribution in [0, 0.1) is 6.92 Å². The molecule has 0 bridgehead atoms. The number of nitrogens with zero attached hydrogens (tertiary/aromatic N) is 2. The van der Waals surface area contributed by atoms with Gasteiger partial charge in [-0.05, 0) is 65.1 Å². The summed E-state index contributed by atoms with van der Waals surface area (Å²) < 4.78 is 2.51. The molecule has 2 heterocycles. The van der Waals surface area contributed by atoms with Crippen molar-refractivity contribution >= 4 is 28.6 Å². The van der Waals surface area contributed by atoms with Gasteiger partial charge in [0.1, 0.15) is 22.7 Å². The molecule has 2 aliphatic rings. The Kier molecular flexibility index (Phi) is 5.30. The number of anilines is 2. The largest absolute Gasteiger partial charge is 0.264 e. The van der Waals surface area contributed by atoms with Gasteiger partial charge < -0.3 is 0 Å². The first-order valence-corrected chi connectivity index (χ1v) is 14.2. The van der Waals surface area contributed by atoms with Crippen molar-refractivity contribution in [1.82, 2.24) is 4.58 Å². The van der Waals surface area contributed by atoms with Crippen LogP contribution < -0.4 is 9.48 Å². The van der Waals surface area contributed by atoms with Gasteiger partial charge in [0.2, 0.25) is 0 Å². The normalized spacial score (nSPS) is 13.0. The smallest absolute Gasteiger partial charge is 0.196 e. The minimum Gasteiger partial charge on any atom is -0.196 e. The third kappa shape index (κ3) is 3.47. The first kappa shape index (κ1) is 23.7. The molecule has 0 saturated carbocycles. The first-order valence-electron chi connectivity index (χ1n) is 14.2. The zero-order valence-electron chi connectivity index (χ0n) is 23.2. The lowest BCUT2D eigenvalue weighted by atomic mass is 9.88. The highest BCUT2D eigenvalue weighted by Crippen LogP contribution is 2.52. The van der Waals surface area contributed by atoms with Gasteiger partial charge in [0.05, 0.1) is 0 Å². The SMILES string of the molecule is CC1=[N+]2c3ccccc3-c3ccccc3-c3ccccc3-c3cccc(c32)-c2ccccc2N1c1ccccc1C. The van der Waals surface area contributed by atoms with E-state index in [1.807, 2.05) is 0 Å². The summed E-state index contributed by atoms with van der Waals surface area (Å²) in [6.07, 6.45) is 0. The summed E-state index contributed by atoms with van der Waals surface area (Å²) in [4.78, 5) is 2.45. The number of benzene rings is 6. The van der Waals surface area contributed by atoms with E-state index in [-0.39, 0.29) is 0 Å². The van der Waals surface area contributed by atoms with E-state index in [2.05, 4.69) is 163 Å². The zero-order valence-corrected chi connectivity index (χ0v) is 23.2. The molecule has 0 radical (unpaired) electrons. The van der Waals surface area contributed by atoms with Crippen molar-refractivity contribution in [2.24, 2.45) is 0 Å². The number of rotatable bonds is 1. The molecule has 0 saturated heterocycles. The molecule has 6 aromatic rings. The van der Waals surface area contributed by atoms with Crippen molar-refractivity contribution in [1.29, 1.82) is 0 Å². The Hall–Kier alpha value is -5.21. The number of aryl methyl sites for hydroxylation is 1.